The molecular weight excluding hydrogens is 252 g/mol. The van der Waals surface area contributed by atoms with Crippen LogP contribution in [0.1, 0.15) is 41.6 Å². The zero-order chi connectivity index (χ0) is 14.1. The summed E-state index contributed by atoms with van der Waals surface area (Å²) in [7, 11) is 0. The van der Waals surface area contributed by atoms with Crippen molar-refractivity contribution in [2.75, 3.05) is 24.5 Å². The van der Waals surface area contributed by atoms with E-state index in [0.717, 1.165) is 50.1 Å². The minimum Gasteiger partial charge on any atom is -0.339 e. The van der Waals surface area contributed by atoms with E-state index in [2.05, 4.69) is 0 Å². The van der Waals surface area contributed by atoms with Gasteiger partial charge in [-0.2, -0.15) is 0 Å². The van der Waals surface area contributed by atoms with Gasteiger partial charge in [0.05, 0.1) is 11.3 Å². The van der Waals surface area contributed by atoms with Crippen LogP contribution in [0.3, 0.4) is 0 Å². The summed E-state index contributed by atoms with van der Waals surface area (Å²) in [6.07, 6.45) is 3.63. The third-order valence-electron chi connectivity index (χ3n) is 4.14. The van der Waals surface area contributed by atoms with E-state index < -0.39 is 0 Å². The molecule has 106 valence electrons. The Morgan fingerprint density at radius 1 is 1.10 bits per heavy atom. The molecule has 2 aliphatic heterocycles. The molecular formula is C16H20N2O2. The van der Waals surface area contributed by atoms with Crippen molar-refractivity contribution in [3.63, 3.8) is 0 Å². The van der Waals surface area contributed by atoms with Crippen LogP contribution in [0.25, 0.3) is 0 Å². The number of nitrogens with zero attached hydrogens (tertiary/aromatic N) is 2. The Morgan fingerprint density at radius 3 is 2.50 bits per heavy atom. The van der Waals surface area contributed by atoms with Gasteiger partial charge < -0.3 is 9.80 Å². The third-order valence-corrected chi connectivity index (χ3v) is 4.14. The van der Waals surface area contributed by atoms with Gasteiger partial charge in [-0.1, -0.05) is 11.6 Å². The molecule has 0 saturated carbocycles. The van der Waals surface area contributed by atoms with Crippen LogP contribution in [0.5, 0.6) is 0 Å². The first-order valence-corrected chi connectivity index (χ1v) is 7.37. The normalized spacial score (nSPS) is 18.9. The molecule has 4 nitrogen and oxygen atoms in total. The van der Waals surface area contributed by atoms with Crippen molar-refractivity contribution in [3.8, 4) is 0 Å². The minimum absolute atomic E-state index is 0.0703. The Bertz CT molecular complexity index is 547. The van der Waals surface area contributed by atoms with Crippen molar-refractivity contribution in [1.29, 1.82) is 0 Å². The number of aryl methyl sites for hydroxylation is 1. The molecule has 0 unspecified atom stereocenters. The average molecular weight is 272 g/mol. The van der Waals surface area contributed by atoms with Gasteiger partial charge in [-0.3, -0.25) is 9.59 Å². The van der Waals surface area contributed by atoms with E-state index in [1.807, 2.05) is 30.0 Å². The molecule has 0 aromatic heterocycles. The van der Waals surface area contributed by atoms with Crippen molar-refractivity contribution in [2.45, 2.75) is 32.6 Å². The van der Waals surface area contributed by atoms with Gasteiger partial charge in [-0.25, -0.2) is 0 Å². The van der Waals surface area contributed by atoms with Gasteiger partial charge in [-0.15, -0.1) is 0 Å². The van der Waals surface area contributed by atoms with E-state index in [4.69, 9.17) is 0 Å². The Labute approximate surface area is 119 Å². The Hall–Kier alpha value is -1.84. The monoisotopic (exact) mass is 272 g/mol. The van der Waals surface area contributed by atoms with Crippen molar-refractivity contribution in [1.82, 2.24) is 4.90 Å². The quantitative estimate of drug-likeness (QED) is 0.829. The molecule has 0 spiro atoms. The molecule has 0 radical (unpaired) electrons. The average Bonchev–Trinajstić information content (AvgIpc) is 3.09. The molecule has 1 aromatic rings. The molecule has 2 fully saturated rings. The topological polar surface area (TPSA) is 40.6 Å². The maximum absolute atomic E-state index is 12.7. The van der Waals surface area contributed by atoms with E-state index in [9.17, 15) is 9.59 Å². The molecule has 0 aliphatic carbocycles. The Morgan fingerprint density at radius 2 is 1.85 bits per heavy atom. The lowest BCUT2D eigenvalue weighted by atomic mass is 10.1. The number of anilines is 1. The largest absolute Gasteiger partial charge is 0.339 e. The number of amides is 2. The van der Waals surface area contributed by atoms with Crippen molar-refractivity contribution >= 4 is 17.5 Å². The predicted molar refractivity (Wildman–Crippen MR) is 77.9 cm³/mol. The van der Waals surface area contributed by atoms with Crippen LogP contribution >= 0.6 is 0 Å². The first-order valence-electron chi connectivity index (χ1n) is 7.37. The number of hydrogen-bond acceptors (Lipinski definition) is 2. The second-order valence-corrected chi connectivity index (χ2v) is 5.67. The summed E-state index contributed by atoms with van der Waals surface area (Å²) in [6, 6.07) is 5.81. The maximum atomic E-state index is 12.7. The number of carbonyl (C=O) groups excluding carboxylic acids is 2. The van der Waals surface area contributed by atoms with E-state index in [-0.39, 0.29) is 11.8 Å². The van der Waals surface area contributed by atoms with E-state index in [0.29, 0.717) is 12.0 Å². The fourth-order valence-corrected chi connectivity index (χ4v) is 3.05. The number of hydrogen-bond donors (Lipinski definition) is 0. The maximum Gasteiger partial charge on any atom is 0.255 e. The molecule has 4 heteroatoms. The van der Waals surface area contributed by atoms with Crippen LogP contribution in [0.2, 0.25) is 0 Å². The standard InChI is InChI=1S/C16H20N2O2/c1-12-6-7-14(18-10-4-5-15(18)19)13(11-12)16(20)17-8-2-3-9-17/h6-7,11H,2-5,8-10H2,1H3. The first-order chi connectivity index (χ1) is 9.66. The highest BCUT2D eigenvalue weighted by Crippen LogP contribution is 2.28. The Balaban J connectivity index is 1.97. The van der Waals surface area contributed by atoms with Crippen molar-refractivity contribution in [3.05, 3.63) is 29.3 Å². The molecule has 1 aromatic carbocycles. The van der Waals surface area contributed by atoms with Gasteiger partial charge in [0.2, 0.25) is 5.91 Å². The molecule has 2 saturated heterocycles. The van der Waals surface area contributed by atoms with E-state index >= 15 is 0 Å². The number of rotatable bonds is 2. The van der Waals surface area contributed by atoms with Gasteiger partial charge in [0.25, 0.3) is 5.91 Å². The van der Waals surface area contributed by atoms with Gasteiger partial charge in [0.15, 0.2) is 0 Å². The SMILES string of the molecule is Cc1ccc(N2CCCC2=O)c(C(=O)N2CCCC2)c1. The van der Waals surface area contributed by atoms with Gasteiger partial charge in [0, 0.05) is 26.1 Å². The van der Waals surface area contributed by atoms with Gasteiger partial charge in [0.1, 0.15) is 0 Å². The summed E-state index contributed by atoms with van der Waals surface area (Å²) in [5, 5.41) is 0. The van der Waals surface area contributed by atoms with Crippen LogP contribution in [-0.4, -0.2) is 36.3 Å². The summed E-state index contributed by atoms with van der Waals surface area (Å²) in [4.78, 5) is 28.3. The van der Waals surface area contributed by atoms with Crippen LogP contribution in [-0.2, 0) is 4.79 Å². The molecule has 2 amide bonds. The van der Waals surface area contributed by atoms with Crippen LogP contribution in [0, 0.1) is 6.92 Å². The lowest BCUT2D eigenvalue weighted by Crippen LogP contribution is -2.31. The second kappa shape index (κ2) is 5.27. The number of benzene rings is 1. The lowest BCUT2D eigenvalue weighted by molar-refractivity contribution is -0.117. The molecule has 0 N–H and O–H groups in total. The molecule has 0 bridgehead atoms. The zero-order valence-electron chi connectivity index (χ0n) is 11.9. The highest BCUT2D eigenvalue weighted by molar-refractivity contribution is 6.05. The zero-order valence-corrected chi connectivity index (χ0v) is 11.9. The van der Waals surface area contributed by atoms with Crippen LogP contribution in [0.4, 0.5) is 5.69 Å². The molecule has 0 atom stereocenters. The molecule has 3 rings (SSSR count). The van der Waals surface area contributed by atoms with Crippen LogP contribution < -0.4 is 4.90 Å². The predicted octanol–water partition coefficient (Wildman–Crippen LogP) is 2.36. The molecule has 2 aliphatic rings. The van der Waals surface area contributed by atoms with Gasteiger partial charge in [-0.05, 0) is 38.3 Å². The summed E-state index contributed by atoms with van der Waals surface area (Å²) in [6.45, 7) is 4.37. The number of likely N-dealkylation sites (tertiary alicyclic amines) is 1. The lowest BCUT2D eigenvalue weighted by Gasteiger charge is -2.23. The van der Waals surface area contributed by atoms with Crippen LogP contribution in [0.15, 0.2) is 18.2 Å². The third kappa shape index (κ3) is 2.30. The Kier molecular flexibility index (Phi) is 3.47. The van der Waals surface area contributed by atoms with Crippen molar-refractivity contribution < 1.29 is 9.59 Å². The summed E-state index contributed by atoms with van der Waals surface area (Å²) in [5.41, 5.74) is 2.53. The first kappa shape index (κ1) is 13.2. The van der Waals surface area contributed by atoms with Gasteiger partial charge >= 0.3 is 0 Å². The fraction of sp³-hybridized carbons (Fsp3) is 0.500. The van der Waals surface area contributed by atoms with E-state index in [1.54, 1.807) is 4.90 Å². The summed E-state index contributed by atoms with van der Waals surface area (Å²) >= 11 is 0. The highest BCUT2D eigenvalue weighted by atomic mass is 16.2. The highest BCUT2D eigenvalue weighted by Gasteiger charge is 2.28. The van der Waals surface area contributed by atoms with Crippen molar-refractivity contribution in [2.24, 2.45) is 0 Å². The second-order valence-electron chi connectivity index (χ2n) is 5.67. The number of carbonyl (C=O) groups is 2. The van der Waals surface area contributed by atoms with E-state index in [1.165, 1.54) is 0 Å². The molecule has 20 heavy (non-hydrogen) atoms. The summed E-state index contributed by atoms with van der Waals surface area (Å²) in [5.74, 6) is 0.199. The smallest absolute Gasteiger partial charge is 0.255 e. The summed E-state index contributed by atoms with van der Waals surface area (Å²) < 4.78 is 0. The molecule has 2 heterocycles. The fourth-order valence-electron chi connectivity index (χ4n) is 3.05. The minimum atomic E-state index is 0.0703.